The number of fused-ring (bicyclic) bond motifs is 1. The number of rotatable bonds is 4. The summed E-state index contributed by atoms with van der Waals surface area (Å²) in [4.78, 5) is 3.93. The molecule has 3 aromatic heterocycles. The Morgan fingerprint density at radius 1 is 1.19 bits per heavy atom. The first kappa shape index (κ1) is 17.0. The molecule has 0 aliphatic rings. The van der Waals surface area contributed by atoms with Gasteiger partial charge in [0.15, 0.2) is 23.1 Å². The van der Waals surface area contributed by atoms with E-state index in [9.17, 15) is 13.9 Å². The summed E-state index contributed by atoms with van der Waals surface area (Å²) in [5.74, 6) is -1.68. The highest BCUT2D eigenvalue weighted by atomic mass is 19.2. The predicted molar refractivity (Wildman–Crippen MR) is 92.0 cm³/mol. The molecule has 0 aliphatic heterocycles. The summed E-state index contributed by atoms with van der Waals surface area (Å²) in [6.45, 7) is 1.78. The highest BCUT2D eigenvalue weighted by Gasteiger charge is 2.36. The predicted octanol–water partition coefficient (Wildman–Crippen LogP) is 1.82. The van der Waals surface area contributed by atoms with E-state index in [-0.39, 0.29) is 23.6 Å². The van der Waals surface area contributed by atoms with E-state index in [0.29, 0.717) is 11.2 Å². The van der Waals surface area contributed by atoms with Gasteiger partial charge in [0.05, 0.1) is 17.6 Å². The summed E-state index contributed by atoms with van der Waals surface area (Å²) in [6, 6.07) is 6.74. The van der Waals surface area contributed by atoms with Gasteiger partial charge in [-0.25, -0.2) is 23.0 Å². The van der Waals surface area contributed by atoms with Gasteiger partial charge in [-0.3, -0.25) is 0 Å². The lowest BCUT2D eigenvalue weighted by Crippen LogP contribution is -2.29. The van der Waals surface area contributed by atoms with Gasteiger partial charge in [0, 0.05) is 6.07 Å². The second kappa shape index (κ2) is 6.09. The van der Waals surface area contributed by atoms with Crippen molar-refractivity contribution in [2.45, 2.75) is 18.9 Å². The van der Waals surface area contributed by atoms with Crippen LogP contribution in [0.2, 0.25) is 0 Å². The molecule has 4 rings (SSSR count). The van der Waals surface area contributed by atoms with Crippen molar-refractivity contribution in [3.05, 3.63) is 65.9 Å². The van der Waals surface area contributed by atoms with Crippen LogP contribution in [0.4, 0.5) is 14.6 Å². The minimum absolute atomic E-state index is 0.229. The molecule has 0 spiro atoms. The topological polar surface area (TPSA) is 107 Å². The second-order valence-corrected chi connectivity index (χ2v) is 6.02. The maximum atomic E-state index is 13.5. The molecule has 0 saturated carbocycles. The Labute approximate surface area is 151 Å². The number of nitrogens with zero attached hydrogens (tertiary/aromatic N) is 6. The molecule has 0 amide bonds. The van der Waals surface area contributed by atoms with E-state index in [0.717, 1.165) is 12.1 Å². The van der Waals surface area contributed by atoms with Gasteiger partial charge in [0.2, 0.25) is 0 Å². The Morgan fingerprint density at radius 2 is 2.00 bits per heavy atom. The Kier molecular flexibility index (Phi) is 3.84. The summed E-state index contributed by atoms with van der Waals surface area (Å²) in [5, 5.41) is 23.4. The third-order valence-corrected chi connectivity index (χ3v) is 4.50. The molecule has 0 bridgehead atoms. The van der Waals surface area contributed by atoms with Gasteiger partial charge in [-0.1, -0.05) is 12.1 Å². The van der Waals surface area contributed by atoms with Gasteiger partial charge < -0.3 is 10.8 Å². The fourth-order valence-electron chi connectivity index (χ4n) is 2.97. The van der Waals surface area contributed by atoms with Crippen LogP contribution in [0.15, 0.2) is 42.9 Å². The lowest BCUT2D eigenvalue weighted by molar-refractivity contribution is 0.0653. The first-order valence-corrected chi connectivity index (χ1v) is 8.13. The van der Waals surface area contributed by atoms with Gasteiger partial charge in [-0.05, 0) is 30.7 Å². The molecule has 0 aliphatic carbocycles. The van der Waals surface area contributed by atoms with E-state index in [1.54, 1.807) is 19.1 Å². The van der Waals surface area contributed by atoms with Gasteiger partial charge in [0.1, 0.15) is 17.5 Å². The van der Waals surface area contributed by atoms with Crippen molar-refractivity contribution in [2.75, 3.05) is 5.73 Å². The smallest absolute Gasteiger partial charge is 0.160 e. The number of nitrogen functional groups attached to an aromatic ring is 1. The number of hydrogen-bond acceptors (Lipinski definition) is 6. The zero-order valence-corrected chi connectivity index (χ0v) is 14.2. The molecule has 0 radical (unpaired) electrons. The normalized spacial score (nSPS) is 13.8. The molecule has 10 heteroatoms. The number of benzene rings is 1. The van der Waals surface area contributed by atoms with Crippen molar-refractivity contribution >= 4 is 11.3 Å². The summed E-state index contributed by atoms with van der Waals surface area (Å²) in [5.41, 5.74) is 5.81. The molecule has 0 saturated heterocycles. The Morgan fingerprint density at radius 3 is 2.74 bits per heavy atom. The Balaban J connectivity index is 1.81. The Hall–Kier alpha value is -3.40. The molecule has 27 heavy (non-hydrogen) atoms. The summed E-state index contributed by atoms with van der Waals surface area (Å²) in [6.07, 6.45) is 3.01. The SMILES string of the molecule is CCC(O)(c1cn(-c2ccc(F)c(F)c2)nn1)c1ccc2c(N)ncnn12. The van der Waals surface area contributed by atoms with Crippen LogP contribution >= 0.6 is 0 Å². The number of aliphatic hydroxyl groups is 1. The first-order chi connectivity index (χ1) is 12.9. The largest absolute Gasteiger partial charge is 0.382 e. The quantitative estimate of drug-likeness (QED) is 0.567. The zero-order valence-electron chi connectivity index (χ0n) is 14.2. The lowest BCUT2D eigenvalue weighted by atomic mass is 9.93. The highest BCUT2D eigenvalue weighted by Crippen LogP contribution is 2.33. The van der Waals surface area contributed by atoms with Crippen LogP contribution in [0.25, 0.3) is 11.2 Å². The van der Waals surface area contributed by atoms with E-state index < -0.39 is 17.2 Å². The average molecular weight is 371 g/mol. The fraction of sp³-hybridized carbons (Fsp3) is 0.176. The van der Waals surface area contributed by atoms with Crippen molar-refractivity contribution < 1.29 is 13.9 Å². The standard InChI is InChI=1S/C17H15F2N7O/c1-2-17(27,15-6-5-13-16(20)21-9-22-26(13)15)14-8-25(24-23-14)10-3-4-11(18)12(19)7-10/h3-9,27H,2H2,1H3,(H2,20,21,22). The third kappa shape index (κ3) is 2.61. The highest BCUT2D eigenvalue weighted by molar-refractivity contribution is 5.65. The number of nitrogens with two attached hydrogens (primary N) is 1. The van der Waals surface area contributed by atoms with Crippen LogP contribution < -0.4 is 5.73 Å². The molecule has 1 atom stereocenters. The molecule has 1 aromatic carbocycles. The van der Waals surface area contributed by atoms with E-state index in [2.05, 4.69) is 20.4 Å². The van der Waals surface area contributed by atoms with Crippen molar-refractivity contribution in [1.29, 1.82) is 0 Å². The second-order valence-electron chi connectivity index (χ2n) is 6.02. The minimum atomic E-state index is -1.52. The van der Waals surface area contributed by atoms with Gasteiger partial charge in [-0.15, -0.1) is 5.10 Å². The number of anilines is 1. The van der Waals surface area contributed by atoms with E-state index in [1.165, 1.54) is 27.8 Å². The van der Waals surface area contributed by atoms with E-state index in [1.807, 2.05) is 0 Å². The van der Waals surface area contributed by atoms with Crippen LogP contribution in [0.5, 0.6) is 0 Å². The molecule has 3 N–H and O–H groups in total. The molecule has 138 valence electrons. The number of halogens is 2. The molecule has 1 unspecified atom stereocenters. The van der Waals surface area contributed by atoms with Gasteiger partial charge >= 0.3 is 0 Å². The fourth-order valence-corrected chi connectivity index (χ4v) is 2.97. The van der Waals surface area contributed by atoms with Gasteiger partial charge in [-0.2, -0.15) is 5.10 Å². The van der Waals surface area contributed by atoms with Crippen LogP contribution in [0.1, 0.15) is 24.7 Å². The van der Waals surface area contributed by atoms with Crippen molar-refractivity contribution in [1.82, 2.24) is 29.6 Å². The molecular formula is C17H15F2N7O. The minimum Gasteiger partial charge on any atom is -0.382 e. The summed E-state index contributed by atoms with van der Waals surface area (Å²) in [7, 11) is 0. The van der Waals surface area contributed by atoms with E-state index in [4.69, 9.17) is 5.73 Å². The molecule has 0 fully saturated rings. The zero-order chi connectivity index (χ0) is 19.2. The van der Waals surface area contributed by atoms with Crippen molar-refractivity contribution in [3.63, 3.8) is 0 Å². The number of aromatic nitrogens is 6. The first-order valence-electron chi connectivity index (χ1n) is 8.13. The maximum Gasteiger partial charge on any atom is 0.160 e. The van der Waals surface area contributed by atoms with Crippen LogP contribution in [-0.2, 0) is 5.60 Å². The maximum absolute atomic E-state index is 13.5. The molecule has 8 nitrogen and oxygen atoms in total. The number of hydrogen-bond donors (Lipinski definition) is 2. The van der Waals surface area contributed by atoms with E-state index >= 15 is 0 Å². The Bertz CT molecular complexity index is 1140. The van der Waals surface area contributed by atoms with Crippen molar-refractivity contribution in [2.24, 2.45) is 0 Å². The average Bonchev–Trinajstić information content (AvgIpc) is 3.32. The van der Waals surface area contributed by atoms with Crippen molar-refractivity contribution in [3.8, 4) is 5.69 Å². The third-order valence-electron chi connectivity index (χ3n) is 4.50. The van der Waals surface area contributed by atoms with Crippen LogP contribution in [0, 0.1) is 11.6 Å². The van der Waals surface area contributed by atoms with Gasteiger partial charge in [0.25, 0.3) is 0 Å². The molecular weight excluding hydrogens is 356 g/mol. The van der Waals surface area contributed by atoms with Crippen LogP contribution in [0.3, 0.4) is 0 Å². The lowest BCUT2D eigenvalue weighted by Gasteiger charge is -2.23. The molecule has 3 heterocycles. The molecule has 4 aromatic rings. The monoisotopic (exact) mass is 371 g/mol. The van der Waals surface area contributed by atoms with Crippen LogP contribution in [-0.4, -0.2) is 34.7 Å². The summed E-state index contributed by atoms with van der Waals surface area (Å²) < 4.78 is 29.4. The summed E-state index contributed by atoms with van der Waals surface area (Å²) >= 11 is 0.